The van der Waals surface area contributed by atoms with Crippen molar-refractivity contribution in [1.29, 1.82) is 0 Å². The van der Waals surface area contributed by atoms with Gasteiger partial charge in [-0.15, -0.1) is 0 Å². The fraction of sp³-hybridized carbons (Fsp3) is 0.824. The monoisotopic (exact) mass is 284 g/mol. The molecule has 0 bridgehead atoms. The Morgan fingerprint density at radius 3 is 2.15 bits per heavy atom. The molecule has 0 atom stereocenters. The van der Waals surface area contributed by atoms with Gasteiger partial charge in [0.25, 0.3) is 0 Å². The summed E-state index contributed by atoms with van der Waals surface area (Å²) in [7, 11) is 0. The number of hydrogen-bond donors (Lipinski definition) is 1. The number of rotatable bonds is 13. The highest BCUT2D eigenvalue weighted by molar-refractivity contribution is 5.88. The molecular weight excluding hydrogens is 252 g/mol. The van der Waals surface area contributed by atoms with Crippen molar-refractivity contribution >= 4 is 5.97 Å². The van der Waals surface area contributed by atoms with Crippen molar-refractivity contribution in [2.75, 3.05) is 13.2 Å². The number of unbranched alkanes of at least 4 members (excludes halogenated alkanes) is 7. The van der Waals surface area contributed by atoms with Crippen molar-refractivity contribution < 1.29 is 14.6 Å². The van der Waals surface area contributed by atoms with Crippen molar-refractivity contribution in [1.82, 2.24) is 0 Å². The third kappa shape index (κ3) is 11.0. The van der Waals surface area contributed by atoms with Crippen LogP contribution in [0.2, 0.25) is 0 Å². The van der Waals surface area contributed by atoms with Gasteiger partial charge in [-0.25, -0.2) is 4.79 Å². The summed E-state index contributed by atoms with van der Waals surface area (Å²) in [6, 6.07) is 0. The van der Waals surface area contributed by atoms with Crippen LogP contribution in [0.4, 0.5) is 0 Å². The second-order valence-electron chi connectivity index (χ2n) is 5.22. The Morgan fingerprint density at radius 1 is 1.00 bits per heavy atom. The molecular formula is C17H32O3. The van der Waals surface area contributed by atoms with Crippen molar-refractivity contribution in [3.63, 3.8) is 0 Å². The van der Waals surface area contributed by atoms with E-state index >= 15 is 0 Å². The van der Waals surface area contributed by atoms with Crippen molar-refractivity contribution in [3.8, 4) is 0 Å². The smallest absolute Gasteiger partial charge is 0.333 e. The molecule has 0 radical (unpaired) electrons. The molecule has 0 aliphatic rings. The highest BCUT2D eigenvalue weighted by Gasteiger charge is 2.09. The van der Waals surface area contributed by atoms with Gasteiger partial charge in [-0.05, 0) is 19.3 Å². The third-order valence-electron chi connectivity index (χ3n) is 3.34. The molecule has 0 aromatic carbocycles. The van der Waals surface area contributed by atoms with Crippen LogP contribution in [-0.2, 0) is 9.53 Å². The van der Waals surface area contributed by atoms with Crippen LogP contribution in [0.25, 0.3) is 0 Å². The molecule has 0 aromatic heterocycles. The first-order chi connectivity index (χ1) is 9.76. The molecule has 3 heteroatoms. The first-order valence-corrected chi connectivity index (χ1v) is 8.23. The predicted octanol–water partition coefficient (Wildman–Crippen LogP) is 4.39. The van der Waals surface area contributed by atoms with Crippen LogP contribution in [0.1, 0.15) is 78.1 Å². The molecule has 0 aliphatic carbocycles. The topological polar surface area (TPSA) is 46.5 Å². The van der Waals surface area contributed by atoms with Gasteiger partial charge in [-0.2, -0.15) is 0 Å². The van der Waals surface area contributed by atoms with E-state index < -0.39 is 0 Å². The number of hydrogen-bond acceptors (Lipinski definition) is 3. The number of aliphatic hydroxyl groups excluding tert-OH is 1. The van der Waals surface area contributed by atoms with Crippen molar-refractivity contribution in [2.45, 2.75) is 78.1 Å². The van der Waals surface area contributed by atoms with Gasteiger partial charge < -0.3 is 9.84 Å². The Balaban J connectivity index is 3.71. The van der Waals surface area contributed by atoms with Gasteiger partial charge >= 0.3 is 5.97 Å². The van der Waals surface area contributed by atoms with Gasteiger partial charge in [-0.3, -0.25) is 0 Å². The second-order valence-corrected chi connectivity index (χ2v) is 5.22. The molecule has 0 amide bonds. The zero-order chi connectivity index (χ0) is 15.1. The lowest BCUT2D eigenvalue weighted by Crippen LogP contribution is -2.11. The molecule has 0 unspecified atom stereocenters. The van der Waals surface area contributed by atoms with Gasteiger partial charge in [0.1, 0.15) is 6.61 Å². The molecule has 118 valence electrons. The Morgan fingerprint density at radius 2 is 1.60 bits per heavy atom. The maximum atomic E-state index is 11.7. The second kappa shape index (κ2) is 14.6. The van der Waals surface area contributed by atoms with Crippen LogP contribution >= 0.6 is 0 Å². The SMILES string of the molecule is CCC=C(CCCCCCCCCC)C(=O)OCCO. The van der Waals surface area contributed by atoms with Gasteiger partial charge in [0, 0.05) is 5.57 Å². The number of allylic oxidation sites excluding steroid dienone is 1. The van der Waals surface area contributed by atoms with Crippen molar-refractivity contribution in [3.05, 3.63) is 11.6 Å². The normalized spacial score (nSPS) is 11.7. The highest BCUT2D eigenvalue weighted by atomic mass is 16.5. The predicted molar refractivity (Wildman–Crippen MR) is 83.6 cm³/mol. The molecule has 0 rings (SSSR count). The summed E-state index contributed by atoms with van der Waals surface area (Å²) in [6.45, 7) is 4.24. The lowest BCUT2D eigenvalue weighted by molar-refractivity contribution is -0.140. The van der Waals surface area contributed by atoms with Gasteiger partial charge in [0.2, 0.25) is 0 Å². The average molecular weight is 284 g/mol. The summed E-state index contributed by atoms with van der Waals surface area (Å²) in [5.74, 6) is -0.260. The van der Waals surface area contributed by atoms with Crippen molar-refractivity contribution in [2.24, 2.45) is 0 Å². The Kier molecular flexibility index (Phi) is 14.0. The summed E-state index contributed by atoms with van der Waals surface area (Å²) >= 11 is 0. The van der Waals surface area contributed by atoms with Crippen LogP contribution in [0, 0.1) is 0 Å². The lowest BCUT2D eigenvalue weighted by Gasteiger charge is -2.07. The minimum Gasteiger partial charge on any atom is -0.460 e. The first-order valence-electron chi connectivity index (χ1n) is 8.23. The Labute approximate surface area is 124 Å². The van der Waals surface area contributed by atoms with Crippen LogP contribution in [0.15, 0.2) is 11.6 Å². The van der Waals surface area contributed by atoms with E-state index in [1.54, 1.807) is 0 Å². The zero-order valence-electron chi connectivity index (χ0n) is 13.3. The Bertz CT molecular complexity index is 259. The van der Waals surface area contributed by atoms with Gasteiger partial charge in [-0.1, -0.05) is 64.9 Å². The fourth-order valence-electron chi connectivity index (χ4n) is 2.21. The first kappa shape index (κ1) is 19.2. The highest BCUT2D eigenvalue weighted by Crippen LogP contribution is 2.14. The quantitative estimate of drug-likeness (QED) is 0.310. The maximum Gasteiger partial charge on any atom is 0.333 e. The number of carbonyl (C=O) groups is 1. The number of carbonyl (C=O) groups excluding carboxylic acids is 1. The number of aliphatic hydroxyl groups is 1. The van der Waals surface area contributed by atoms with E-state index in [0.29, 0.717) is 0 Å². The summed E-state index contributed by atoms with van der Waals surface area (Å²) in [5.41, 5.74) is 0.770. The minimum absolute atomic E-state index is 0.0946. The fourth-order valence-corrected chi connectivity index (χ4v) is 2.21. The molecule has 3 nitrogen and oxygen atoms in total. The summed E-state index contributed by atoms with van der Waals surface area (Å²) < 4.78 is 4.97. The van der Waals surface area contributed by atoms with Crippen LogP contribution < -0.4 is 0 Å². The zero-order valence-corrected chi connectivity index (χ0v) is 13.3. The molecule has 0 aliphatic heterocycles. The molecule has 0 aromatic rings. The molecule has 0 fully saturated rings. The lowest BCUT2D eigenvalue weighted by atomic mass is 10.0. The minimum atomic E-state index is -0.260. The van der Waals surface area contributed by atoms with E-state index in [-0.39, 0.29) is 19.2 Å². The van der Waals surface area contributed by atoms with E-state index in [9.17, 15) is 4.79 Å². The van der Waals surface area contributed by atoms with E-state index in [2.05, 4.69) is 6.92 Å². The van der Waals surface area contributed by atoms with Gasteiger partial charge in [0.05, 0.1) is 6.61 Å². The molecule has 0 saturated carbocycles. The molecule has 0 spiro atoms. The number of esters is 1. The largest absolute Gasteiger partial charge is 0.460 e. The molecule has 1 N–H and O–H groups in total. The van der Waals surface area contributed by atoms with E-state index in [1.165, 1.54) is 44.9 Å². The summed E-state index contributed by atoms with van der Waals surface area (Å²) in [6.07, 6.45) is 13.7. The Hall–Kier alpha value is -0.830. The van der Waals surface area contributed by atoms with Crippen LogP contribution in [0.5, 0.6) is 0 Å². The number of ether oxygens (including phenoxy) is 1. The summed E-state index contributed by atoms with van der Waals surface area (Å²) in [5, 5.41) is 8.66. The van der Waals surface area contributed by atoms with E-state index in [1.807, 2.05) is 13.0 Å². The maximum absolute atomic E-state index is 11.7. The van der Waals surface area contributed by atoms with E-state index in [0.717, 1.165) is 24.8 Å². The van der Waals surface area contributed by atoms with Crippen LogP contribution in [-0.4, -0.2) is 24.3 Å². The molecule has 0 heterocycles. The van der Waals surface area contributed by atoms with Gasteiger partial charge in [0.15, 0.2) is 0 Å². The average Bonchev–Trinajstić information content (AvgIpc) is 2.46. The molecule has 0 saturated heterocycles. The standard InChI is InChI=1S/C17H32O3/c1-3-5-6-7-8-9-10-11-13-16(12-4-2)17(19)20-15-14-18/h12,18H,3-11,13-15H2,1-2H3. The molecule has 20 heavy (non-hydrogen) atoms. The van der Waals surface area contributed by atoms with E-state index in [4.69, 9.17) is 9.84 Å². The summed E-state index contributed by atoms with van der Waals surface area (Å²) in [4.78, 5) is 11.7. The third-order valence-corrected chi connectivity index (χ3v) is 3.34. The van der Waals surface area contributed by atoms with Crippen LogP contribution in [0.3, 0.4) is 0 Å².